The van der Waals surface area contributed by atoms with Crippen molar-refractivity contribution < 1.29 is 5.11 Å². The first-order valence-electron chi connectivity index (χ1n) is 5.39. The number of halogens is 1. The Labute approximate surface area is 107 Å². The minimum Gasteiger partial charge on any atom is -0.395 e. The van der Waals surface area contributed by atoms with Crippen molar-refractivity contribution >= 4 is 12.4 Å². The Morgan fingerprint density at radius 1 is 1.12 bits per heavy atom. The topological polar surface area (TPSA) is 62.0 Å². The zero-order valence-corrected chi connectivity index (χ0v) is 10.3. The summed E-state index contributed by atoms with van der Waals surface area (Å²) in [6.45, 7) is 0.0136. The molecule has 1 aromatic heterocycles. The van der Waals surface area contributed by atoms with Crippen LogP contribution in [-0.4, -0.2) is 22.7 Å². The molecule has 92 valence electrons. The number of aromatic nitrogens is 1. The monoisotopic (exact) mass is 252 g/mol. The van der Waals surface area contributed by atoms with Crippen LogP contribution < -0.4 is 5.73 Å². The second kappa shape index (κ2) is 6.45. The van der Waals surface area contributed by atoms with Crippen LogP contribution in [0.5, 0.6) is 0 Å². The van der Waals surface area contributed by atoms with E-state index in [1.54, 1.807) is 0 Å². The van der Waals surface area contributed by atoms with Gasteiger partial charge in [-0.25, -0.2) is 0 Å². The second-order valence-corrected chi connectivity index (χ2v) is 3.91. The van der Waals surface area contributed by atoms with Gasteiger partial charge in [-0.2, -0.15) is 0 Å². The van der Waals surface area contributed by atoms with Gasteiger partial charge in [-0.05, 0) is 17.7 Å². The van der Waals surface area contributed by atoms with E-state index >= 15 is 0 Å². The smallest absolute Gasteiger partial charge is 0.0586 e. The number of hydrogen-bond donors (Lipinski definition) is 3. The quantitative estimate of drug-likeness (QED) is 0.779. The molecule has 0 saturated carbocycles. The Bertz CT molecular complexity index is 442. The van der Waals surface area contributed by atoms with Gasteiger partial charge in [-0.1, -0.05) is 30.3 Å². The number of hydrogen-bond acceptors (Lipinski definition) is 2. The first-order chi connectivity index (χ1) is 7.79. The van der Waals surface area contributed by atoms with Crippen molar-refractivity contribution in [2.24, 2.45) is 5.73 Å². The molecule has 0 radical (unpaired) electrons. The number of aliphatic hydroxyl groups is 1. The molecule has 0 spiro atoms. The number of nitrogens with one attached hydrogen (secondary N) is 1. The van der Waals surface area contributed by atoms with Gasteiger partial charge in [0.15, 0.2) is 0 Å². The van der Waals surface area contributed by atoms with Crippen molar-refractivity contribution in [1.29, 1.82) is 0 Å². The molecule has 0 saturated heterocycles. The molecule has 3 nitrogen and oxygen atoms in total. The van der Waals surface area contributed by atoms with Crippen LogP contribution in [0, 0.1) is 0 Å². The molecule has 0 fully saturated rings. The average molecular weight is 253 g/mol. The van der Waals surface area contributed by atoms with Crippen LogP contribution in [0.4, 0.5) is 0 Å². The molecule has 1 unspecified atom stereocenters. The van der Waals surface area contributed by atoms with Crippen molar-refractivity contribution in [3.05, 3.63) is 48.2 Å². The molecule has 0 aliphatic rings. The minimum atomic E-state index is -0.192. The first kappa shape index (κ1) is 13.8. The normalized spacial score (nSPS) is 11.9. The maximum Gasteiger partial charge on any atom is 0.0586 e. The van der Waals surface area contributed by atoms with Gasteiger partial charge in [-0.15, -0.1) is 12.4 Å². The van der Waals surface area contributed by atoms with E-state index in [1.165, 1.54) is 0 Å². The molecule has 4 heteroatoms. The lowest BCUT2D eigenvalue weighted by Gasteiger charge is -2.05. The van der Waals surface area contributed by atoms with E-state index in [1.807, 2.05) is 30.3 Å². The molecule has 4 N–H and O–H groups in total. The van der Waals surface area contributed by atoms with Gasteiger partial charge >= 0.3 is 0 Å². The van der Waals surface area contributed by atoms with E-state index in [0.29, 0.717) is 6.42 Å². The number of benzene rings is 1. The molecular weight excluding hydrogens is 236 g/mol. The highest BCUT2D eigenvalue weighted by Crippen LogP contribution is 2.18. The van der Waals surface area contributed by atoms with E-state index in [4.69, 9.17) is 10.8 Å². The molecule has 0 aliphatic carbocycles. The largest absolute Gasteiger partial charge is 0.395 e. The summed E-state index contributed by atoms with van der Waals surface area (Å²) in [4.78, 5) is 3.30. The van der Waals surface area contributed by atoms with Gasteiger partial charge in [0.05, 0.1) is 6.61 Å². The van der Waals surface area contributed by atoms with E-state index < -0.39 is 0 Å². The Hall–Kier alpha value is -1.29. The summed E-state index contributed by atoms with van der Waals surface area (Å²) in [5.41, 5.74) is 8.98. The molecule has 0 aliphatic heterocycles. The van der Waals surface area contributed by atoms with Gasteiger partial charge in [0.2, 0.25) is 0 Å². The Kier molecular flexibility index (Phi) is 5.22. The highest BCUT2D eigenvalue weighted by molar-refractivity contribution is 5.85. The highest BCUT2D eigenvalue weighted by atomic mass is 35.5. The van der Waals surface area contributed by atoms with Crippen LogP contribution in [-0.2, 0) is 6.42 Å². The van der Waals surface area contributed by atoms with Gasteiger partial charge in [0, 0.05) is 23.9 Å². The maximum atomic E-state index is 8.88. The number of aliphatic hydroxyl groups excluding tert-OH is 1. The van der Waals surface area contributed by atoms with Crippen LogP contribution in [0.3, 0.4) is 0 Å². The minimum absolute atomic E-state index is 0. The third kappa shape index (κ3) is 3.60. The van der Waals surface area contributed by atoms with Crippen LogP contribution in [0.2, 0.25) is 0 Å². The van der Waals surface area contributed by atoms with E-state index in [9.17, 15) is 0 Å². The fraction of sp³-hybridized carbons (Fsp3) is 0.231. The van der Waals surface area contributed by atoms with Gasteiger partial charge in [0.1, 0.15) is 0 Å². The van der Waals surface area contributed by atoms with Gasteiger partial charge in [-0.3, -0.25) is 0 Å². The van der Waals surface area contributed by atoms with E-state index in [-0.39, 0.29) is 25.1 Å². The first-order valence-corrected chi connectivity index (χ1v) is 5.39. The summed E-state index contributed by atoms with van der Waals surface area (Å²) in [7, 11) is 0. The van der Waals surface area contributed by atoms with Crippen LogP contribution in [0.15, 0.2) is 42.5 Å². The zero-order chi connectivity index (χ0) is 11.4. The zero-order valence-electron chi connectivity index (χ0n) is 9.47. The summed E-state index contributed by atoms with van der Waals surface area (Å²) in [6.07, 6.45) is 0.670. The summed E-state index contributed by atoms with van der Waals surface area (Å²) in [5.74, 6) is 0. The Morgan fingerprint density at radius 3 is 2.47 bits per heavy atom. The van der Waals surface area contributed by atoms with Gasteiger partial charge < -0.3 is 15.8 Å². The number of aromatic amines is 1. The summed E-state index contributed by atoms with van der Waals surface area (Å²) >= 11 is 0. The maximum absolute atomic E-state index is 8.88. The molecule has 2 rings (SSSR count). The van der Waals surface area contributed by atoms with Crippen LogP contribution in [0.25, 0.3) is 11.3 Å². The molecule has 0 bridgehead atoms. The van der Waals surface area contributed by atoms with Crippen LogP contribution in [0.1, 0.15) is 5.69 Å². The van der Waals surface area contributed by atoms with Crippen molar-refractivity contribution in [2.45, 2.75) is 12.5 Å². The lowest BCUT2D eigenvalue weighted by Crippen LogP contribution is -2.26. The fourth-order valence-electron chi connectivity index (χ4n) is 1.69. The van der Waals surface area contributed by atoms with E-state index in [2.05, 4.69) is 17.1 Å². The molecular formula is C13H17ClN2O. The van der Waals surface area contributed by atoms with Gasteiger partial charge in [0.25, 0.3) is 0 Å². The Balaban J connectivity index is 0.00000144. The van der Waals surface area contributed by atoms with Crippen molar-refractivity contribution in [3.63, 3.8) is 0 Å². The van der Waals surface area contributed by atoms with Crippen molar-refractivity contribution in [3.8, 4) is 11.3 Å². The molecule has 1 aromatic carbocycles. The van der Waals surface area contributed by atoms with E-state index in [0.717, 1.165) is 17.0 Å². The van der Waals surface area contributed by atoms with Crippen molar-refractivity contribution in [1.82, 2.24) is 4.98 Å². The van der Waals surface area contributed by atoms with Crippen LogP contribution >= 0.6 is 12.4 Å². The average Bonchev–Trinajstić information content (AvgIpc) is 2.78. The fourth-order valence-corrected chi connectivity index (χ4v) is 1.69. The molecule has 2 aromatic rings. The summed E-state index contributed by atoms with van der Waals surface area (Å²) < 4.78 is 0. The number of nitrogens with two attached hydrogens (primary N) is 1. The number of H-pyrrole nitrogens is 1. The second-order valence-electron chi connectivity index (χ2n) is 3.91. The molecule has 0 amide bonds. The SMILES string of the molecule is Cl.NC(CO)Cc1ccc(-c2ccccc2)[nH]1. The highest BCUT2D eigenvalue weighted by Gasteiger charge is 2.05. The molecule has 1 atom stereocenters. The summed E-state index contributed by atoms with van der Waals surface area (Å²) in [5, 5.41) is 8.88. The predicted octanol–water partition coefficient (Wildman–Crippen LogP) is 1.97. The predicted molar refractivity (Wildman–Crippen MR) is 72.2 cm³/mol. The third-order valence-corrected chi connectivity index (χ3v) is 2.55. The standard InChI is InChI=1S/C13H16N2O.ClH/c14-11(9-16)8-12-6-7-13(15-12)10-4-2-1-3-5-10;/h1-7,11,15-16H,8-9,14H2;1H. The lowest BCUT2D eigenvalue weighted by atomic mass is 10.2. The molecule has 17 heavy (non-hydrogen) atoms. The molecule has 1 heterocycles. The summed E-state index contributed by atoms with van der Waals surface area (Å²) in [6, 6.07) is 14.0. The lowest BCUT2D eigenvalue weighted by molar-refractivity contribution is 0.265. The number of rotatable bonds is 4. The third-order valence-electron chi connectivity index (χ3n) is 2.55. The van der Waals surface area contributed by atoms with Crippen molar-refractivity contribution in [2.75, 3.05) is 6.61 Å². The Morgan fingerprint density at radius 2 is 1.82 bits per heavy atom.